The van der Waals surface area contributed by atoms with Gasteiger partial charge in [-0.1, -0.05) is 19.1 Å². The van der Waals surface area contributed by atoms with Gasteiger partial charge in [-0.05, 0) is 69.4 Å². The number of nitrogens with zero attached hydrogens (tertiary/aromatic N) is 3. The molecule has 2 saturated heterocycles. The van der Waals surface area contributed by atoms with Crippen LogP contribution in [0.4, 0.5) is 0 Å². The van der Waals surface area contributed by atoms with Gasteiger partial charge in [0.25, 0.3) is 0 Å². The van der Waals surface area contributed by atoms with Crippen molar-refractivity contribution in [1.29, 1.82) is 5.41 Å². The number of aryl methyl sites for hydroxylation is 2. The van der Waals surface area contributed by atoms with Crippen molar-refractivity contribution >= 4 is 28.6 Å². The minimum Gasteiger partial charge on any atom is -0.384 e. The number of amides is 2. The summed E-state index contributed by atoms with van der Waals surface area (Å²) in [7, 11) is 0. The lowest BCUT2D eigenvalue weighted by atomic mass is 10.1. The molecule has 0 radical (unpaired) electrons. The Kier molecular flexibility index (Phi) is 7.26. The molecule has 184 valence electrons. The van der Waals surface area contributed by atoms with Gasteiger partial charge in [-0.25, -0.2) is 0 Å². The van der Waals surface area contributed by atoms with Gasteiger partial charge in [0.2, 0.25) is 11.8 Å². The van der Waals surface area contributed by atoms with Crippen molar-refractivity contribution in [3.63, 3.8) is 0 Å². The van der Waals surface area contributed by atoms with Gasteiger partial charge in [0.15, 0.2) is 0 Å². The lowest BCUT2D eigenvalue weighted by Crippen LogP contribution is -2.52. The van der Waals surface area contributed by atoms with Crippen molar-refractivity contribution < 1.29 is 9.59 Å². The van der Waals surface area contributed by atoms with E-state index in [4.69, 9.17) is 16.9 Å². The third kappa shape index (κ3) is 4.56. The van der Waals surface area contributed by atoms with E-state index in [-0.39, 0.29) is 29.7 Å². The molecule has 2 fully saturated rings. The molecule has 4 rings (SSSR count). The number of rotatable bonds is 8. The topological polar surface area (TPSA) is 121 Å². The van der Waals surface area contributed by atoms with Crippen LogP contribution < -0.4 is 11.5 Å². The SMILES string of the molecule is CCC(N)C(=O)N1CCC[C@@H]1C(=O)N1CCC[C@H]1CCc1cc2ccc(C(=N)N)cc2n1CC. The van der Waals surface area contributed by atoms with E-state index < -0.39 is 6.04 Å². The third-order valence-corrected chi connectivity index (χ3v) is 7.59. The molecule has 5 N–H and O–H groups in total. The van der Waals surface area contributed by atoms with Gasteiger partial charge in [-0.2, -0.15) is 0 Å². The number of nitrogen functional groups attached to an aromatic ring is 1. The number of nitrogens with two attached hydrogens (primary N) is 2. The fourth-order valence-corrected chi connectivity index (χ4v) is 5.67. The quantitative estimate of drug-likeness (QED) is 0.409. The van der Waals surface area contributed by atoms with Gasteiger partial charge < -0.3 is 25.8 Å². The first-order valence-electron chi connectivity index (χ1n) is 12.7. The molecule has 8 nitrogen and oxygen atoms in total. The van der Waals surface area contributed by atoms with Gasteiger partial charge in [0.05, 0.1) is 6.04 Å². The second-order valence-corrected chi connectivity index (χ2v) is 9.64. The first-order valence-corrected chi connectivity index (χ1v) is 12.7. The first-order chi connectivity index (χ1) is 16.3. The minimum atomic E-state index is -0.526. The molecule has 1 unspecified atom stereocenters. The molecule has 0 aliphatic carbocycles. The van der Waals surface area contributed by atoms with Crippen molar-refractivity contribution in [2.45, 2.75) is 83.5 Å². The maximum absolute atomic E-state index is 13.5. The van der Waals surface area contributed by atoms with Crippen LogP contribution in [0.3, 0.4) is 0 Å². The standard InChI is InChI=1S/C26H38N6O2/c1-3-21(27)25(33)32-14-6-8-22(32)26(34)31-13-5-7-19(31)11-12-20-15-17-9-10-18(24(28)29)16-23(17)30(20)4-2/h9-10,15-16,19,21-22H,3-8,11-14,27H2,1-2H3,(H3,28,29)/t19-,21?,22+/m0/s1. The lowest BCUT2D eigenvalue weighted by Gasteiger charge is -2.32. The molecule has 0 bridgehead atoms. The number of likely N-dealkylation sites (tertiary alicyclic amines) is 2. The fraction of sp³-hybridized carbons (Fsp3) is 0.577. The molecule has 2 aliphatic heterocycles. The Hall–Kier alpha value is -2.87. The molecular weight excluding hydrogens is 428 g/mol. The van der Waals surface area contributed by atoms with E-state index in [1.54, 1.807) is 4.90 Å². The third-order valence-electron chi connectivity index (χ3n) is 7.59. The summed E-state index contributed by atoms with van der Waals surface area (Å²) >= 11 is 0. The second kappa shape index (κ2) is 10.2. The number of fused-ring (bicyclic) bond motifs is 1. The highest BCUT2D eigenvalue weighted by molar-refractivity contribution is 5.98. The number of amidine groups is 1. The van der Waals surface area contributed by atoms with Gasteiger partial charge in [0, 0.05) is 42.5 Å². The van der Waals surface area contributed by atoms with E-state index in [1.165, 1.54) is 5.69 Å². The zero-order chi connectivity index (χ0) is 24.4. The zero-order valence-corrected chi connectivity index (χ0v) is 20.4. The number of carbonyl (C=O) groups excluding carboxylic acids is 2. The van der Waals surface area contributed by atoms with Crippen LogP contribution in [0.15, 0.2) is 24.3 Å². The highest BCUT2D eigenvalue weighted by atomic mass is 16.2. The number of hydrogen-bond donors (Lipinski definition) is 3. The number of hydrogen-bond acceptors (Lipinski definition) is 4. The molecule has 8 heteroatoms. The Morgan fingerprint density at radius 1 is 1.12 bits per heavy atom. The predicted molar refractivity (Wildman–Crippen MR) is 135 cm³/mol. The largest absolute Gasteiger partial charge is 0.384 e. The van der Waals surface area contributed by atoms with Crippen LogP contribution >= 0.6 is 0 Å². The molecule has 2 aromatic rings. The van der Waals surface area contributed by atoms with Crippen LogP contribution in [0.5, 0.6) is 0 Å². The zero-order valence-electron chi connectivity index (χ0n) is 20.4. The van der Waals surface area contributed by atoms with E-state index in [0.717, 1.165) is 68.1 Å². The fourth-order valence-electron chi connectivity index (χ4n) is 5.67. The summed E-state index contributed by atoms with van der Waals surface area (Å²) in [6.07, 6.45) is 5.95. The van der Waals surface area contributed by atoms with Crippen LogP contribution in [0.25, 0.3) is 10.9 Å². The smallest absolute Gasteiger partial charge is 0.245 e. The number of carbonyl (C=O) groups is 2. The summed E-state index contributed by atoms with van der Waals surface area (Å²) in [6, 6.07) is 7.43. The Bertz CT molecular complexity index is 1080. The monoisotopic (exact) mass is 466 g/mol. The minimum absolute atomic E-state index is 0.0757. The first kappa shape index (κ1) is 24.3. The summed E-state index contributed by atoms with van der Waals surface area (Å²) in [5.74, 6) is 0.0806. The summed E-state index contributed by atoms with van der Waals surface area (Å²) in [4.78, 5) is 30.0. The molecule has 3 heterocycles. The van der Waals surface area contributed by atoms with Crippen molar-refractivity contribution in [1.82, 2.24) is 14.4 Å². The number of benzene rings is 1. The Balaban J connectivity index is 1.47. The van der Waals surface area contributed by atoms with E-state index in [0.29, 0.717) is 13.0 Å². The average molecular weight is 467 g/mol. The van der Waals surface area contributed by atoms with Crippen molar-refractivity contribution in [2.24, 2.45) is 11.5 Å². The van der Waals surface area contributed by atoms with E-state index >= 15 is 0 Å². The summed E-state index contributed by atoms with van der Waals surface area (Å²) in [5, 5.41) is 8.89. The van der Waals surface area contributed by atoms with Gasteiger partial charge in [0.1, 0.15) is 11.9 Å². The Morgan fingerprint density at radius 2 is 1.85 bits per heavy atom. The van der Waals surface area contributed by atoms with Crippen LogP contribution in [0, 0.1) is 5.41 Å². The van der Waals surface area contributed by atoms with Crippen LogP contribution in [-0.2, 0) is 22.6 Å². The summed E-state index contributed by atoms with van der Waals surface area (Å²) < 4.78 is 2.28. The molecule has 2 amide bonds. The number of aromatic nitrogens is 1. The summed E-state index contributed by atoms with van der Waals surface area (Å²) in [5.41, 5.74) is 14.8. The molecule has 1 aromatic carbocycles. The molecule has 2 aliphatic rings. The maximum atomic E-state index is 13.5. The highest BCUT2D eigenvalue weighted by Crippen LogP contribution is 2.29. The van der Waals surface area contributed by atoms with E-state index in [2.05, 4.69) is 17.6 Å². The highest BCUT2D eigenvalue weighted by Gasteiger charge is 2.40. The van der Waals surface area contributed by atoms with Crippen molar-refractivity contribution in [3.05, 3.63) is 35.5 Å². The lowest BCUT2D eigenvalue weighted by molar-refractivity contribution is -0.145. The van der Waals surface area contributed by atoms with E-state index in [1.807, 2.05) is 30.0 Å². The Labute approximate surface area is 201 Å². The van der Waals surface area contributed by atoms with Crippen molar-refractivity contribution in [2.75, 3.05) is 13.1 Å². The van der Waals surface area contributed by atoms with Crippen molar-refractivity contribution in [3.8, 4) is 0 Å². The molecule has 3 atom stereocenters. The number of nitrogens with one attached hydrogen (secondary N) is 1. The maximum Gasteiger partial charge on any atom is 0.245 e. The predicted octanol–water partition coefficient (Wildman–Crippen LogP) is 2.60. The molecule has 0 saturated carbocycles. The van der Waals surface area contributed by atoms with Crippen LogP contribution in [-0.4, -0.2) is 63.2 Å². The van der Waals surface area contributed by atoms with Gasteiger partial charge in [-0.15, -0.1) is 0 Å². The van der Waals surface area contributed by atoms with Gasteiger partial charge in [-0.3, -0.25) is 15.0 Å². The Morgan fingerprint density at radius 3 is 2.56 bits per heavy atom. The summed E-state index contributed by atoms with van der Waals surface area (Å²) in [6.45, 7) is 6.26. The molecular formula is C26H38N6O2. The second-order valence-electron chi connectivity index (χ2n) is 9.64. The molecule has 34 heavy (non-hydrogen) atoms. The van der Waals surface area contributed by atoms with Gasteiger partial charge >= 0.3 is 0 Å². The van der Waals surface area contributed by atoms with E-state index in [9.17, 15) is 9.59 Å². The normalized spacial score (nSPS) is 21.4. The molecule has 1 aromatic heterocycles. The van der Waals surface area contributed by atoms with Crippen LogP contribution in [0.2, 0.25) is 0 Å². The average Bonchev–Trinajstić information content (AvgIpc) is 3.58. The molecule has 0 spiro atoms. The van der Waals surface area contributed by atoms with Crippen LogP contribution in [0.1, 0.15) is 63.6 Å².